The summed E-state index contributed by atoms with van der Waals surface area (Å²) in [6.07, 6.45) is -0.343. The van der Waals surface area contributed by atoms with Gasteiger partial charge in [0.25, 0.3) is 0 Å². The Hall–Kier alpha value is -1.37. The molecular weight excluding hydrogens is 257 g/mol. The van der Waals surface area contributed by atoms with E-state index in [1.165, 1.54) is 6.42 Å². The van der Waals surface area contributed by atoms with E-state index in [2.05, 4.69) is 20.6 Å². The Bertz CT molecular complexity index is 445. The molecule has 0 amide bonds. The van der Waals surface area contributed by atoms with E-state index in [0.717, 1.165) is 37.2 Å². The number of anilines is 1. The van der Waals surface area contributed by atoms with Crippen LogP contribution in [0.1, 0.15) is 18.4 Å². The lowest BCUT2D eigenvalue weighted by molar-refractivity contribution is -0.138. The Balaban J connectivity index is 1.52. The number of aromatic nitrogens is 2. The van der Waals surface area contributed by atoms with Crippen molar-refractivity contribution in [3.8, 4) is 0 Å². The number of halogens is 3. The predicted molar refractivity (Wildman–Crippen MR) is 63.5 cm³/mol. The van der Waals surface area contributed by atoms with Gasteiger partial charge in [0, 0.05) is 25.0 Å². The molecule has 0 radical (unpaired) electrons. The van der Waals surface area contributed by atoms with Crippen LogP contribution in [-0.2, 0) is 6.18 Å². The van der Waals surface area contributed by atoms with Crippen LogP contribution in [0.15, 0.2) is 12.4 Å². The minimum atomic E-state index is -4.38. The van der Waals surface area contributed by atoms with Gasteiger partial charge in [-0.25, -0.2) is 9.97 Å². The lowest BCUT2D eigenvalue weighted by Gasteiger charge is -2.23. The first-order valence-electron chi connectivity index (χ1n) is 6.39. The Labute approximate surface area is 108 Å². The minimum Gasteiger partial charge on any atom is -0.353 e. The molecule has 0 bridgehead atoms. The summed E-state index contributed by atoms with van der Waals surface area (Å²) in [4.78, 5) is 7.38. The third kappa shape index (κ3) is 2.97. The second-order valence-electron chi connectivity index (χ2n) is 5.27. The molecule has 0 spiro atoms. The van der Waals surface area contributed by atoms with Gasteiger partial charge in [0.15, 0.2) is 0 Å². The largest absolute Gasteiger partial charge is 0.419 e. The summed E-state index contributed by atoms with van der Waals surface area (Å²) in [5.74, 6) is 1.92. The average molecular weight is 272 g/mol. The van der Waals surface area contributed by atoms with E-state index in [9.17, 15) is 13.2 Å². The number of fused-ring (bicyclic) bond motifs is 1. The first-order valence-corrected chi connectivity index (χ1v) is 6.39. The van der Waals surface area contributed by atoms with Gasteiger partial charge in [-0.15, -0.1) is 0 Å². The third-order valence-electron chi connectivity index (χ3n) is 3.81. The zero-order valence-electron chi connectivity index (χ0n) is 10.2. The van der Waals surface area contributed by atoms with Crippen molar-refractivity contribution in [2.45, 2.75) is 25.1 Å². The van der Waals surface area contributed by atoms with Crippen LogP contribution >= 0.6 is 0 Å². The maximum absolute atomic E-state index is 12.3. The van der Waals surface area contributed by atoms with E-state index >= 15 is 0 Å². The minimum absolute atomic E-state index is 0.243. The molecule has 2 N–H and O–H groups in total. The van der Waals surface area contributed by atoms with E-state index in [1.54, 1.807) is 0 Å². The van der Waals surface area contributed by atoms with Crippen molar-refractivity contribution in [2.24, 2.45) is 11.8 Å². The number of hydrogen-bond donors (Lipinski definition) is 2. The molecule has 1 saturated heterocycles. The molecule has 0 unspecified atom stereocenters. The van der Waals surface area contributed by atoms with Gasteiger partial charge in [-0.1, -0.05) is 0 Å². The fraction of sp³-hybridized carbons (Fsp3) is 0.667. The predicted octanol–water partition coefficient (Wildman–Crippen LogP) is 1.91. The summed E-state index contributed by atoms with van der Waals surface area (Å²) >= 11 is 0. The van der Waals surface area contributed by atoms with Crippen molar-refractivity contribution in [1.82, 2.24) is 15.3 Å². The Morgan fingerprint density at radius 3 is 2.58 bits per heavy atom. The average Bonchev–Trinajstić information content (AvgIpc) is 3.14. The number of rotatable bonds is 3. The van der Waals surface area contributed by atoms with Gasteiger partial charge in [0.1, 0.15) is 0 Å². The van der Waals surface area contributed by atoms with Crippen LogP contribution in [0.25, 0.3) is 0 Å². The van der Waals surface area contributed by atoms with E-state index in [4.69, 9.17) is 0 Å². The van der Waals surface area contributed by atoms with Gasteiger partial charge < -0.3 is 10.6 Å². The highest BCUT2D eigenvalue weighted by Gasteiger charge is 2.41. The molecule has 2 heterocycles. The maximum Gasteiger partial charge on any atom is 0.419 e. The van der Waals surface area contributed by atoms with Crippen molar-refractivity contribution in [1.29, 1.82) is 0 Å². The Kier molecular flexibility index (Phi) is 3.08. The van der Waals surface area contributed by atoms with E-state index in [-0.39, 0.29) is 5.95 Å². The number of piperidine rings is 1. The highest BCUT2D eigenvalue weighted by molar-refractivity contribution is 5.26. The summed E-state index contributed by atoms with van der Waals surface area (Å²) in [7, 11) is 0. The van der Waals surface area contributed by atoms with Crippen LogP contribution in [0.2, 0.25) is 0 Å². The lowest BCUT2D eigenvalue weighted by Crippen LogP contribution is -2.40. The first-order chi connectivity index (χ1) is 9.02. The van der Waals surface area contributed by atoms with Crippen LogP contribution in [0.4, 0.5) is 19.1 Å². The van der Waals surface area contributed by atoms with Crippen molar-refractivity contribution < 1.29 is 13.2 Å². The monoisotopic (exact) mass is 272 g/mol. The van der Waals surface area contributed by atoms with Crippen molar-refractivity contribution in [3.05, 3.63) is 18.0 Å². The van der Waals surface area contributed by atoms with E-state index in [1.807, 2.05) is 0 Å². The molecule has 2 fully saturated rings. The first kappa shape index (κ1) is 12.7. The van der Waals surface area contributed by atoms with Crippen LogP contribution in [0.5, 0.6) is 0 Å². The quantitative estimate of drug-likeness (QED) is 0.882. The molecule has 7 heteroatoms. The number of alkyl halides is 3. The summed E-state index contributed by atoms with van der Waals surface area (Å²) < 4.78 is 37.0. The van der Waals surface area contributed by atoms with E-state index < -0.39 is 11.7 Å². The molecule has 104 valence electrons. The molecular formula is C12H15F3N4. The molecule has 1 aliphatic heterocycles. The van der Waals surface area contributed by atoms with E-state index in [0.29, 0.717) is 12.6 Å². The van der Waals surface area contributed by atoms with Crippen LogP contribution in [0, 0.1) is 11.8 Å². The summed E-state index contributed by atoms with van der Waals surface area (Å²) in [6.45, 7) is 1.69. The molecule has 1 aliphatic carbocycles. The fourth-order valence-electron chi connectivity index (χ4n) is 2.55. The summed E-state index contributed by atoms with van der Waals surface area (Å²) in [5.41, 5.74) is -0.824. The van der Waals surface area contributed by atoms with Crippen molar-refractivity contribution in [3.63, 3.8) is 0 Å². The fourth-order valence-corrected chi connectivity index (χ4v) is 2.55. The molecule has 3 atom stereocenters. The normalized spacial score (nSPS) is 29.7. The van der Waals surface area contributed by atoms with Gasteiger partial charge >= 0.3 is 6.18 Å². The van der Waals surface area contributed by atoms with Gasteiger partial charge in [-0.3, -0.25) is 0 Å². The van der Waals surface area contributed by atoms with Gasteiger partial charge in [0.2, 0.25) is 5.95 Å². The zero-order chi connectivity index (χ0) is 13.5. The second-order valence-corrected chi connectivity index (χ2v) is 5.27. The van der Waals surface area contributed by atoms with Crippen LogP contribution in [0.3, 0.4) is 0 Å². The maximum atomic E-state index is 12.3. The Morgan fingerprint density at radius 2 is 1.95 bits per heavy atom. The molecule has 2 aliphatic rings. The number of hydrogen-bond acceptors (Lipinski definition) is 4. The smallest absolute Gasteiger partial charge is 0.353 e. The van der Waals surface area contributed by atoms with Gasteiger partial charge in [-0.05, 0) is 31.2 Å². The van der Waals surface area contributed by atoms with Gasteiger partial charge in [-0.2, -0.15) is 13.2 Å². The molecule has 19 heavy (non-hydrogen) atoms. The van der Waals surface area contributed by atoms with Crippen LogP contribution in [-0.4, -0.2) is 29.1 Å². The molecule has 1 aromatic rings. The number of nitrogens with one attached hydrogen (secondary N) is 2. The molecule has 1 saturated carbocycles. The molecule has 4 nitrogen and oxygen atoms in total. The molecule has 3 rings (SSSR count). The highest BCUT2D eigenvalue weighted by Crippen LogP contribution is 2.43. The number of nitrogens with zero attached hydrogens (tertiary/aromatic N) is 2. The summed E-state index contributed by atoms with van der Waals surface area (Å²) in [5, 5.41) is 6.40. The zero-order valence-corrected chi connectivity index (χ0v) is 10.2. The van der Waals surface area contributed by atoms with Crippen molar-refractivity contribution in [2.75, 3.05) is 18.4 Å². The van der Waals surface area contributed by atoms with Gasteiger partial charge in [0.05, 0.1) is 5.56 Å². The Morgan fingerprint density at radius 1 is 1.21 bits per heavy atom. The topological polar surface area (TPSA) is 49.8 Å². The summed E-state index contributed by atoms with van der Waals surface area (Å²) in [6, 6.07) is 0.356. The SMILES string of the molecule is FC(F)(F)c1cnc(NC[C@@H]2C[C@H]3C[C@H]3CN2)nc1. The third-order valence-corrected chi connectivity index (χ3v) is 3.81. The second kappa shape index (κ2) is 4.63. The standard InChI is InChI=1S/C12H15F3N4/c13-12(14,15)9-4-17-11(18-5-9)19-6-10-2-7-1-8(7)3-16-10/h4-5,7-8,10,16H,1-3,6H2,(H,17,18,19)/t7-,8+,10+/m1/s1. The molecule has 1 aromatic heterocycles. The van der Waals surface area contributed by atoms with Crippen LogP contribution < -0.4 is 10.6 Å². The molecule has 0 aromatic carbocycles. The van der Waals surface area contributed by atoms with Crippen molar-refractivity contribution >= 4 is 5.95 Å². The lowest BCUT2D eigenvalue weighted by atomic mass is 10.1. The highest BCUT2D eigenvalue weighted by atomic mass is 19.4.